The van der Waals surface area contributed by atoms with Gasteiger partial charge in [-0.25, -0.2) is 4.39 Å². The van der Waals surface area contributed by atoms with Gasteiger partial charge in [0.15, 0.2) is 6.61 Å². The van der Waals surface area contributed by atoms with E-state index in [0.717, 1.165) is 18.2 Å². The Morgan fingerprint density at radius 2 is 2.03 bits per heavy atom. The van der Waals surface area contributed by atoms with Crippen molar-refractivity contribution in [1.29, 1.82) is 0 Å². The number of halogens is 5. The Balaban J connectivity index is 1.78. The number of hydrogen-bond acceptors (Lipinski definition) is 5. The van der Waals surface area contributed by atoms with Gasteiger partial charge in [0, 0.05) is 26.9 Å². The molecule has 2 amide bonds. The van der Waals surface area contributed by atoms with Crippen LogP contribution < -0.4 is 15.1 Å². The van der Waals surface area contributed by atoms with E-state index in [1.165, 1.54) is 17.9 Å². The van der Waals surface area contributed by atoms with Gasteiger partial charge in [0.25, 0.3) is 11.8 Å². The molecule has 0 saturated carbocycles. The Bertz CT molecular complexity index is 992. The van der Waals surface area contributed by atoms with Crippen LogP contribution in [0.25, 0.3) is 0 Å². The predicted molar refractivity (Wildman–Crippen MR) is 114 cm³/mol. The van der Waals surface area contributed by atoms with Crippen LogP contribution in [0.4, 0.5) is 17.6 Å². The molecule has 1 heterocycles. The summed E-state index contributed by atoms with van der Waals surface area (Å²) in [5.41, 5.74) is -1.19. The summed E-state index contributed by atoms with van der Waals surface area (Å²) in [7, 11) is -1.60. The number of pyridine rings is 1. The van der Waals surface area contributed by atoms with Crippen molar-refractivity contribution < 1.29 is 37.0 Å². The third-order valence-corrected chi connectivity index (χ3v) is 6.15. The van der Waals surface area contributed by atoms with Gasteiger partial charge in [0.1, 0.15) is 17.3 Å². The highest BCUT2D eigenvalue weighted by atomic mass is 35.5. The van der Waals surface area contributed by atoms with Crippen LogP contribution in [0, 0.1) is 5.82 Å². The van der Waals surface area contributed by atoms with Gasteiger partial charge in [-0.1, -0.05) is 18.2 Å². The van der Waals surface area contributed by atoms with Gasteiger partial charge < -0.3 is 20.2 Å². The second-order valence-corrected chi connectivity index (χ2v) is 8.85. The number of nitrogens with zero attached hydrogens (tertiary/aromatic N) is 1. The Morgan fingerprint density at radius 3 is 2.61 bits per heavy atom. The summed E-state index contributed by atoms with van der Waals surface area (Å²) in [6.45, 7) is 3.07. The fourth-order valence-electron chi connectivity index (χ4n) is 2.37. The quantitative estimate of drug-likeness (QED) is 0.332. The summed E-state index contributed by atoms with van der Waals surface area (Å²) < 4.78 is 56.2. The third kappa shape index (κ3) is 8.27. The molecular formula is C20H19ClF4N3O4P. The van der Waals surface area contributed by atoms with Gasteiger partial charge in [-0.2, -0.15) is 13.2 Å². The van der Waals surface area contributed by atoms with E-state index in [-0.39, 0.29) is 29.4 Å². The molecule has 0 aliphatic heterocycles. The average Bonchev–Trinajstić information content (AvgIpc) is 2.77. The molecule has 0 fully saturated rings. The van der Waals surface area contributed by atoms with Crippen molar-refractivity contribution in [3.05, 3.63) is 71.0 Å². The number of benzene rings is 1. The molecule has 7 nitrogen and oxygen atoms in total. The maximum Gasteiger partial charge on any atom is 0.417 e. The van der Waals surface area contributed by atoms with Gasteiger partial charge in [-0.15, -0.1) is 0 Å². The van der Waals surface area contributed by atoms with E-state index in [4.69, 9.17) is 16.3 Å². The minimum absolute atomic E-state index is 0.0215. The smallest absolute Gasteiger partial charge is 0.417 e. The lowest BCUT2D eigenvalue weighted by molar-refractivity contribution is -0.137. The molecule has 33 heavy (non-hydrogen) atoms. The Morgan fingerprint density at radius 1 is 1.30 bits per heavy atom. The normalized spacial score (nSPS) is 13.0. The number of carbonyl (C=O) groups excluding carboxylic acids is 2. The first kappa shape index (κ1) is 26.5. The van der Waals surface area contributed by atoms with Crippen LogP contribution in [-0.4, -0.2) is 40.9 Å². The maximum absolute atomic E-state index is 13.4. The second kappa shape index (κ2) is 11.9. The molecule has 0 bridgehead atoms. The number of alkyl halides is 3. The first-order valence-corrected chi connectivity index (χ1v) is 11.1. The SMILES string of the molecule is C=CP(NC(=O)COc1ccc(Cl)c(F)c1)C(O)CCNC(=O)c1ccc(C(F)(F)F)cn1. The number of amides is 2. The summed E-state index contributed by atoms with van der Waals surface area (Å²) in [5.74, 6) is -1.64. The van der Waals surface area contributed by atoms with Crippen molar-refractivity contribution in [3.8, 4) is 5.75 Å². The minimum Gasteiger partial charge on any atom is -0.484 e. The zero-order valence-electron chi connectivity index (χ0n) is 16.9. The first-order valence-electron chi connectivity index (χ1n) is 9.29. The molecule has 2 atom stereocenters. The summed E-state index contributed by atoms with van der Waals surface area (Å²) in [4.78, 5) is 27.5. The van der Waals surface area contributed by atoms with Crippen LogP contribution in [0.15, 0.2) is 48.9 Å². The van der Waals surface area contributed by atoms with Gasteiger partial charge in [0.05, 0.1) is 16.4 Å². The molecule has 0 aliphatic rings. The average molecular weight is 508 g/mol. The topological polar surface area (TPSA) is 101 Å². The van der Waals surface area contributed by atoms with Crippen molar-refractivity contribution in [2.75, 3.05) is 13.2 Å². The van der Waals surface area contributed by atoms with E-state index in [9.17, 15) is 32.3 Å². The summed E-state index contributed by atoms with van der Waals surface area (Å²) in [6.07, 6.45) is -3.99. The lowest BCUT2D eigenvalue weighted by Gasteiger charge is -2.21. The zero-order chi connectivity index (χ0) is 24.6. The molecule has 2 unspecified atom stereocenters. The number of aliphatic hydroxyl groups is 1. The molecule has 1 aromatic heterocycles. The molecular weight excluding hydrogens is 489 g/mol. The molecule has 0 saturated heterocycles. The Labute approximate surface area is 192 Å². The summed E-state index contributed by atoms with van der Waals surface area (Å²) in [6, 6.07) is 5.37. The van der Waals surface area contributed by atoms with Crippen LogP contribution in [0.5, 0.6) is 5.75 Å². The summed E-state index contributed by atoms with van der Waals surface area (Å²) >= 11 is 5.57. The van der Waals surface area contributed by atoms with Gasteiger partial charge >= 0.3 is 6.18 Å². The second-order valence-electron chi connectivity index (χ2n) is 6.44. The van der Waals surface area contributed by atoms with Crippen LogP contribution in [0.3, 0.4) is 0 Å². The Hall–Kier alpha value is -2.75. The van der Waals surface area contributed by atoms with E-state index >= 15 is 0 Å². The number of ether oxygens (including phenoxy) is 1. The monoisotopic (exact) mass is 507 g/mol. The number of hydrogen-bond donors (Lipinski definition) is 3. The minimum atomic E-state index is -4.56. The molecule has 2 rings (SSSR count). The van der Waals surface area contributed by atoms with Gasteiger partial charge in [0.2, 0.25) is 0 Å². The molecule has 0 aliphatic carbocycles. The molecule has 178 valence electrons. The third-order valence-electron chi connectivity index (χ3n) is 4.04. The molecule has 0 spiro atoms. The predicted octanol–water partition coefficient (Wildman–Crippen LogP) is 4.07. The zero-order valence-corrected chi connectivity index (χ0v) is 18.6. The highest BCUT2D eigenvalue weighted by Crippen LogP contribution is 2.37. The number of carbonyl (C=O) groups is 2. The molecule has 2 aromatic rings. The largest absolute Gasteiger partial charge is 0.484 e. The first-order chi connectivity index (χ1) is 15.5. The standard InChI is InChI=1S/C20H19ClF4N3O4P/c1-2-33(28-17(29)11-32-13-4-5-14(21)15(22)9-13)18(30)7-8-26-19(31)16-6-3-12(10-27-16)20(23,24)25/h2-6,9-10,18,30H,1,7-8,11H2,(H,26,31)(H,28,29). The fourth-order valence-corrected chi connectivity index (χ4v) is 3.73. The highest BCUT2D eigenvalue weighted by molar-refractivity contribution is 7.60. The number of nitrogens with one attached hydrogen (secondary N) is 2. The van der Waals surface area contributed by atoms with Crippen LogP contribution in [-0.2, 0) is 11.0 Å². The van der Waals surface area contributed by atoms with E-state index in [2.05, 4.69) is 22.0 Å². The fraction of sp³-hybridized carbons (Fsp3) is 0.250. The van der Waals surface area contributed by atoms with Crippen molar-refractivity contribution in [2.45, 2.75) is 18.4 Å². The number of aromatic nitrogens is 1. The number of rotatable bonds is 10. The van der Waals surface area contributed by atoms with Crippen LogP contribution in [0.2, 0.25) is 5.02 Å². The lowest BCUT2D eigenvalue weighted by atomic mass is 10.2. The van der Waals surface area contributed by atoms with Crippen molar-refractivity contribution in [1.82, 2.24) is 15.4 Å². The Kier molecular flexibility index (Phi) is 9.57. The molecule has 3 N–H and O–H groups in total. The van der Waals surface area contributed by atoms with Crippen molar-refractivity contribution in [3.63, 3.8) is 0 Å². The van der Waals surface area contributed by atoms with Gasteiger partial charge in [-0.05, 0) is 36.5 Å². The van der Waals surface area contributed by atoms with E-state index < -0.39 is 49.9 Å². The number of aliphatic hydroxyl groups excluding tert-OH is 1. The van der Waals surface area contributed by atoms with Gasteiger partial charge in [-0.3, -0.25) is 14.6 Å². The lowest BCUT2D eigenvalue weighted by Crippen LogP contribution is -2.31. The van der Waals surface area contributed by atoms with E-state index in [0.29, 0.717) is 6.20 Å². The molecule has 1 aromatic carbocycles. The van der Waals surface area contributed by atoms with Crippen LogP contribution >= 0.6 is 19.7 Å². The van der Waals surface area contributed by atoms with Crippen molar-refractivity contribution >= 4 is 31.5 Å². The van der Waals surface area contributed by atoms with E-state index in [1.54, 1.807) is 0 Å². The highest BCUT2D eigenvalue weighted by Gasteiger charge is 2.31. The molecule has 13 heteroatoms. The van der Waals surface area contributed by atoms with Crippen LogP contribution in [0.1, 0.15) is 22.5 Å². The summed E-state index contributed by atoms with van der Waals surface area (Å²) in [5, 5.41) is 15.1. The van der Waals surface area contributed by atoms with E-state index in [1.807, 2.05) is 0 Å². The molecule has 0 radical (unpaired) electrons. The maximum atomic E-state index is 13.4. The van der Waals surface area contributed by atoms with Crippen molar-refractivity contribution in [2.24, 2.45) is 0 Å².